The molecule has 0 N–H and O–H groups in total. The molecule has 0 unspecified atom stereocenters. The number of halogens is 1. The Kier molecular flexibility index (Phi) is 5.05. The first-order chi connectivity index (χ1) is 14.4. The molecule has 0 saturated carbocycles. The van der Waals surface area contributed by atoms with Gasteiger partial charge in [0.1, 0.15) is 5.82 Å². The highest BCUT2D eigenvalue weighted by molar-refractivity contribution is 7.91. The maximum Gasteiger partial charge on any atom is 0.339 e. The Morgan fingerprint density at radius 3 is 2.33 bits per heavy atom. The second-order valence-corrected chi connectivity index (χ2v) is 8.42. The second-order valence-electron chi connectivity index (χ2n) is 6.56. The molecule has 3 aromatic carbocycles. The minimum atomic E-state index is -4.04. The van der Waals surface area contributed by atoms with Gasteiger partial charge in [-0.15, -0.1) is 0 Å². The number of nitrogens with zero attached hydrogens (tertiary/aromatic N) is 1. The quantitative estimate of drug-likeness (QED) is 0.448. The van der Waals surface area contributed by atoms with E-state index in [0.717, 1.165) is 16.5 Å². The van der Waals surface area contributed by atoms with Gasteiger partial charge in [0, 0.05) is 5.39 Å². The molecule has 0 aliphatic carbocycles. The molecule has 5 nitrogen and oxygen atoms in total. The zero-order chi connectivity index (χ0) is 21.3. The molecule has 1 aromatic heterocycles. The van der Waals surface area contributed by atoms with E-state index in [0.29, 0.717) is 5.52 Å². The third kappa shape index (κ3) is 3.55. The maximum atomic E-state index is 13.2. The first kappa shape index (κ1) is 19.7. The van der Waals surface area contributed by atoms with Crippen LogP contribution in [0.15, 0.2) is 88.8 Å². The number of esters is 1. The largest absolute Gasteiger partial charge is 0.465 e. The predicted molar refractivity (Wildman–Crippen MR) is 110 cm³/mol. The van der Waals surface area contributed by atoms with E-state index in [1.54, 1.807) is 36.4 Å². The number of hydrogen-bond donors (Lipinski definition) is 0. The average molecular weight is 421 g/mol. The smallest absolute Gasteiger partial charge is 0.339 e. The third-order valence-electron chi connectivity index (χ3n) is 4.70. The van der Waals surface area contributed by atoms with Crippen LogP contribution in [0.25, 0.3) is 22.0 Å². The number of pyridine rings is 1. The lowest BCUT2D eigenvalue weighted by molar-refractivity contribution is 0.0596. The Balaban J connectivity index is 1.78. The van der Waals surface area contributed by atoms with Gasteiger partial charge in [0.05, 0.1) is 23.1 Å². The lowest BCUT2D eigenvalue weighted by Gasteiger charge is -2.10. The van der Waals surface area contributed by atoms with E-state index in [2.05, 4.69) is 4.98 Å². The van der Waals surface area contributed by atoms with Gasteiger partial charge in [-0.25, -0.2) is 22.6 Å². The maximum absolute atomic E-state index is 13.2. The molecule has 0 amide bonds. The van der Waals surface area contributed by atoms with Crippen molar-refractivity contribution in [2.45, 2.75) is 9.92 Å². The number of ether oxygens (including phenoxy) is 1. The van der Waals surface area contributed by atoms with Crippen molar-refractivity contribution in [1.82, 2.24) is 4.98 Å². The zero-order valence-corrected chi connectivity index (χ0v) is 16.7. The van der Waals surface area contributed by atoms with Crippen LogP contribution in [0.2, 0.25) is 0 Å². The SMILES string of the molecule is COC(=O)c1ccccc1S(=O)(=O)c1ccc2cc(-c3ccc(F)cc3)ccc2n1. The van der Waals surface area contributed by atoms with Crippen LogP contribution in [-0.4, -0.2) is 26.5 Å². The normalized spacial score (nSPS) is 11.4. The first-order valence-electron chi connectivity index (χ1n) is 8.99. The number of carbonyl (C=O) groups is 1. The van der Waals surface area contributed by atoms with Crippen molar-refractivity contribution in [3.63, 3.8) is 0 Å². The number of methoxy groups -OCH3 is 1. The number of fused-ring (bicyclic) bond motifs is 1. The summed E-state index contributed by atoms with van der Waals surface area (Å²) in [5, 5.41) is 0.568. The summed E-state index contributed by atoms with van der Waals surface area (Å²) in [5.41, 5.74) is 2.13. The fraction of sp³-hybridized carbons (Fsp3) is 0.0435. The molecule has 0 spiro atoms. The number of hydrogen-bond acceptors (Lipinski definition) is 5. The fourth-order valence-corrected chi connectivity index (χ4v) is 4.56. The van der Waals surface area contributed by atoms with E-state index in [1.165, 1.54) is 43.5 Å². The Morgan fingerprint density at radius 2 is 1.60 bits per heavy atom. The molecular weight excluding hydrogens is 405 g/mol. The molecule has 150 valence electrons. The third-order valence-corrected chi connectivity index (χ3v) is 6.41. The summed E-state index contributed by atoms with van der Waals surface area (Å²) >= 11 is 0. The van der Waals surface area contributed by atoms with Gasteiger partial charge < -0.3 is 4.74 Å². The lowest BCUT2D eigenvalue weighted by Crippen LogP contribution is -2.12. The summed E-state index contributed by atoms with van der Waals surface area (Å²) in [6.07, 6.45) is 0. The van der Waals surface area contributed by atoms with E-state index in [-0.39, 0.29) is 21.3 Å². The molecule has 0 bridgehead atoms. The summed E-state index contributed by atoms with van der Waals surface area (Å²) in [7, 11) is -2.84. The standard InChI is InChI=1S/C23H16FNO4S/c1-29-23(26)19-4-2-3-5-21(19)30(27,28)22-13-9-17-14-16(8-12-20(17)25-22)15-6-10-18(24)11-7-15/h2-14H,1H3. The number of carbonyl (C=O) groups excluding carboxylic acids is 1. The summed E-state index contributed by atoms with van der Waals surface area (Å²) < 4.78 is 44.1. The Morgan fingerprint density at radius 1 is 0.900 bits per heavy atom. The van der Waals surface area contributed by atoms with Gasteiger partial charge in [-0.05, 0) is 59.7 Å². The highest BCUT2D eigenvalue weighted by Gasteiger charge is 2.26. The van der Waals surface area contributed by atoms with Gasteiger partial charge in [-0.1, -0.05) is 30.3 Å². The van der Waals surface area contributed by atoms with Gasteiger partial charge in [0.25, 0.3) is 0 Å². The molecule has 0 fully saturated rings. The van der Waals surface area contributed by atoms with Crippen LogP contribution >= 0.6 is 0 Å². The van der Waals surface area contributed by atoms with Crippen molar-refractivity contribution in [3.05, 3.63) is 90.2 Å². The van der Waals surface area contributed by atoms with Crippen molar-refractivity contribution in [2.75, 3.05) is 7.11 Å². The Labute approximate surface area is 172 Å². The van der Waals surface area contributed by atoms with E-state index in [1.807, 2.05) is 6.07 Å². The summed E-state index contributed by atoms with van der Waals surface area (Å²) in [4.78, 5) is 16.1. The molecule has 0 aliphatic heterocycles. The molecule has 7 heteroatoms. The molecule has 1 heterocycles. The summed E-state index contributed by atoms with van der Waals surface area (Å²) in [6, 6.07) is 20.4. The summed E-state index contributed by atoms with van der Waals surface area (Å²) in [5.74, 6) is -1.05. The predicted octanol–water partition coefficient (Wildman–Crippen LogP) is 4.66. The minimum Gasteiger partial charge on any atom is -0.465 e. The zero-order valence-electron chi connectivity index (χ0n) is 15.9. The molecule has 0 atom stereocenters. The van der Waals surface area contributed by atoms with Crippen LogP contribution < -0.4 is 0 Å². The van der Waals surface area contributed by atoms with Gasteiger partial charge >= 0.3 is 5.97 Å². The number of rotatable bonds is 4. The average Bonchev–Trinajstić information content (AvgIpc) is 2.78. The van der Waals surface area contributed by atoms with Crippen molar-refractivity contribution < 1.29 is 22.3 Å². The van der Waals surface area contributed by atoms with Crippen LogP contribution in [-0.2, 0) is 14.6 Å². The number of benzene rings is 3. The molecular formula is C23H16FNO4S. The van der Waals surface area contributed by atoms with Crippen LogP contribution in [0.1, 0.15) is 10.4 Å². The van der Waals surface area contributed by atoms with E-state index in [4.69, 9.17) is 4.74 Å². The lowest BCUT2D eigenvalue weighted by atomic mass is 10.0. The van der Waals surface area contributed by atoms with Gasteiger partial charge in [-0.3, -0.25) is 0 Å². The molecule has 30 heavy (non-hydrogen) atoms. The van der Waals surface area contributed by atoms with Gasteiger partial charge in [0.2, 0.25) is 9.84 Å². The Bertz CT molecular complexity index is 1370. The second kappa shape index (κ2) is 7.68. The highest BCUT2D eigenvalue weighted by atomic mass is 32.2. The van der Waals surface area contributed by atoms with Gasteiger partial charge in [-0.2, -0.15) is 0 Å². The van der Waals surface area contributed by atoms with Crippen molar-refractivity contribution in [1.29, 1.82) is 0 Å². The monoisotopic (exact) mass is 421 g/mol. The Hall–Kier alpha value is -3.58. The van der Waals surface area contributed by atoms with Crippen molar-refractivity contribution >= 4 is 26.7 Å². The van der Waals surface area contributed by atoms with Crippen LogP contribution in [0.4, 0.5) is 4.39 Å². The van der Waals surface area contributed by atoms with Gasteiger partial charge in [0.15, 0.2) is 5.03 Å². The number of aromatic nitrogens is 1. The number of sulfone groups is 1. The molecule has 0 radical (unpaired) electrons. The highest BCUT2D eigenvalue weighted by Crippen LogP contribution is 2.28. The molecule has 4 rings (SSSR count). The van der Waals surface area contributed by atoms with Crippen LogP contribution in [0.5, 0.6) is 0 Å². The van der Waals surface area contributed by atoms with E-state index in [9.17, 15) is 17.6 Å². The summed E-state index contributed by atoms with van der Waals surface area (Å²) in [6.45, 7) is 0. The molecule has 4 aromatic rings. The first-order valence-corrected chi connectivity index (χ1v) is 10.5. The topological polar surface area (TPSA) is 73.3 Å². The van der Waals surface area contributed by atoms with Crippen molar-refractivity contribution in [3.8, 4) is 11.1 Å². The van der Waals surface area contributed by atoms with Crippen LogP contribution in [0.3, 0.4) is 0 Å². The van der Waals surface area contributed by atoms with E-state index >= 15 is 0 Å². The van der Waals surface area contributed by atoms with Crippen LogP contribution in [0, 0.1) is 5.82 Å². The fourth-order valence-electron chi connectivity index (χ4n) is 3.17. The molecule has 0 saturated heterocycles. The van der Waals surface area contributed by atoms with E-state index < -0.39 is 15.8 Å². The van der Waals surface area contributed by atoms with Crippen molar-refractivity contribution in [2.24, 2.45) is 0 Å². The molecule has 0 aliphatic rings. The minimum absolute atomic E-state index is 0.0476.